The van der Waals surface area contributed by atoms with Crippen molar-refractivity contribution < 1.29 is 18.0 Å². The van der Waals surface area contributed by atoms with Crippen LogP contribution < -0.4 is 15.8 Å². The number of halogens is 3. The Bertz CT molecular complexity index is 944. The number of carbonyl (C=O) groups is 1. The fourth-order valence-electron chi connectivity index (χ4n) is 3.24. The van der Waals surface area contributed by atoms with E-state index in [4.69, 9.17) is 0 Å². The first-order chi connectivity index (χ1) is 13.5. The summed E-state index contributed by atoms with van der Waals surface area (Å²) in [5, 5.41) is 6.18. The molecule has 1 aliphatic heterocycles. The number of hydrogen-bond donors (Lipinski definition) is 2. The number of aromatic amines is 1. The minimum Gasteiger partial charge on any atom is -0.343 e. The minimum absolute atomic E-state index is 0.322. The lowest BCUT2D eigenvalue weighted by Gasteiger charge is -2.31. The number of aryl methyl sites for hydroxylation is 1. The van der Waals surface area contributed by atoms with Crippen LogP contribution in [0.15, 0.2) is 16.9 Å². The van der Waals surface area contributed by atoms with Crippen LogP contribution in [0.5, 0.6) is 0 Å². The maximum absolute atomic E-state index is 12.9. The first-order valence-corrected chi connectivity index (χ1v) is 9.33. The maximum atomic E-state index is 12.9. The first-order valence-electron chi connectivity index (χ1n) is 9.33. The molecule has 0 aliphatic carbocycles. The fraction of sp³-hybridized carbons (Fsp3) is 0.556. The Morgan fingerprint density at radius 1 is 1.31 bits per heavy atom. The Hall–Kier alpha value is -2.85. The largest absolute Gasteiger partial charge is 0.433 e. The highest BCUT2D eigenvalue weighted by atomic mass is 19.4. The number of H-pyrrole nitrogens is 1. The van der Waals surface area contributed by atoms with Crippen LogP contribution in [0.1, 0.15) is 54.6 Å². The number of amides is 1. The van der Waals surface area contributed by atoms with Gasteiger partial charge < -0.3 is 10.2 Å². The summed E-state index contributed by atoms with van der Waals surface area (Å²) >= 11 is 0. The molecule has 158 valence electrons. The maximum Gasteiger partial charge on any atom is 0.433 e. The monoisotopic (exact) mass is 412 g/mol. The quantitative estimate of drug-likeness (QED) is 0.803. The number of aromatic nitrogens is 4. The van der Waals surface area contributed by atoms with E-state index in [0.29, 0.717) is 28.3 Å². The summed E-state index contributed by atoms with van der Waals surface area (Å²) in [6.07, 6.45) is -2.64. The van der Waals surface area contributed by atoms with Crippen molar-refractivity contribution in [1.29, 1.82) is 0 Å². The van der Waals surface area contributed by atoms with Gasteiger partial charge in [-0.25, -0.2) is 4.98 Å². The summed E-state index contributed by atoms with van der Waals surface area (Å²) in [5.74, 6) is 0.260. The molecule has 1 amide bonds. The van der Waals surface area contributed by atoms with E-state index in [2.05, 4.69) is 27.3 Å². The Morgan fingerprint density at radius 3 is 2.55 bits per heavy atom. The molecule has 0 saturated carbocycles. The second-order valence-electron chi connectivity index (χ2n) is 7.39. The molecule has 0 aromatic carbocycles. The number of carbonyl (C=O) groups excluding carboxylic acids is 1. The Balaban J connectivity index is 1.76. The molecule has 1 saturated heterocycles. The van der Waals surface area contributed by atoms with E-state index in [1.807, 2.05) is 4.90 Å². The smallest absolute Gasteiger partial charge is 0.343 e. The summed E-state index contributed by atoms with van der Waals surface area (Å²) in [5.41, 5.74) is -1.42. The summed E-state index contributed by atoms with van der Waals surface area (Å²) in [7, 11) is 1.12. The molecule has 0 spiro atoms. The third-order valence-corrected chi connectivity index (χ3v) is 5.03. The number of rotatable bonds is 4. The standard InChI is InChI=1S/C18H23F3N6O2/c1-10-4-6-27(7-5-10)17-23-12(9-15(28)24-17)11(2)22-16(29)13-8-14(18(19,20)21)26(3)25-13/h8-11H,4-7H2,1-3H3,(H,22,29)(H,23,24,28)/t11-/m0/s1. The molecular formula is C18H23F3N6O2. The molecule has 3 rings (SSSR count). The van der Waals surface area contributed by atoms with E-state index in [1.165, 1.54) is 6.07 Å². The van der Waals surface area contributed by atoms with Crippen LogP contribution in [-0.2, 0) is 13.2 Å². The van der Waals surface area contributed by atoms with Gasteiger partial charge in [0.1, 0.15) is 5.69 Å². The van der Waals surface area contributed by atoms with Gasteiger partial charge in [-0.2, -0.15) is 18.3 Å². The average Bonchev–Trinajstić information content (AvgIpc) is 3.04. The van der Waals surface area contributed by atoms with Crippen molar-refractivity contribution in [3.63, 3.8) is 0 Å². The van der Waals surface area contributed by atoms with Gasteiger partial charge in [-0.15, -0.1) is 0 Å². The molecule has 11 heteroatoms. The van der Waals surface area contributed by atoms with E-state index in [9.17, 15) is 22.8 Å². The minimum atomic E-state index is -4.61. The van der Waals surface area contributed by atoms with E-state index >= 15 is 0 Å². The molecule has 1 aliphatic rings. The third-order valence-electron chi connectivity index (χ3n) is 5.03. The molecule has 2 N–H and O–H groups in total. The first kappa shape index (κ1) is 20.9. The molecule has 2 aromatic heterocycles. The van der Waals surface area contributed by atoms with Crippen molar-refractivity contribution in [3.05, 3.63) is 39.6 Å². The predicted octanol–water partition coefficient (Wildman–Crippen LogP) is 2.25. The topological polar surface area (TPSA) is 95.9 Å². The van der Waals surface area contributed by atoms with Crippen LogP contribution in [0.25, 0.3) is 0 Å². The van der Waals surface area contributed by atoms with Crippen molar-refractivity contribution in [1.82, 2.24) is 25.1 Å². The zero-order chi connectivity index (χ0) is 21.3. The van der Waals surface area contributed by atoms with Crippen molar-refractivity contribution in [2.75, 3.05) is 18.0 Å². The summed E-state index contributed by atoms with van der Waals surface area (Å²) in [6, 6.07) is 1.26. The van der Waals surface area contributed by atoms with E-state index in [-0.39, 0.29) is 11.3 Å². The Labute approximate surface area is 165 Å². The zero-order valence-corrected chi connectivity index (χ0v) is 16.4. The summed E-state index contributed by atoms with van der Waals surface area (Å²) in [6.45, 7) is 5.31. The molecule has 2 aromatic rings. The van der Waals surface area contributed by atoms with Gasteiger partial charge in [0.2, 0.25) is 5.95 Å². The van der Waals surface area contributed by atoms with Gasteiger partial charge in [-0.3, -0.25) is 19.3 Å². The second-order valence-corrected chi connectivity index (χ2v) is 7.39. The molecule has 29 heavy (non-hydrogen) atoms. The Kier molecular flexibility index (Phi) is 5.67. The molecule has 0 bridgehead atoms. The number of alkyl halides is 3. The number of hydrogen-bond acceptors (Lipinski definition) is 5. The molecule has 1 atom stereocenters. The highest BCUT2D eigenvalue weighted by Gasteiger charge is 2.36. The summed E-state index contributed by atoms with van der Waals surface area (Å²) < 4.78 is 39.3. The van der Waals surface area contributed by atoms with Crippen LogP contribution in [0.3, 0.4) is 0 Å². The zero-order valence-electron chi connectivity index (χ0n) is 16.4. The van der Waals surface area contributed by atoms with Gasteiger partial charge in [0, 0.05) is 32.3 Å². The van der Waals surface area contributed by atoms with Gasteiger partial charge in [0.15, 0.2) is 5.69 Å². The van der Waals surface area contributed by atoms with Crippen LogP contribution in [0.4, 0.5) is 19.1 Å². The van der Waals surface area contributed by atoms with Crippen LogP contribution in [0.2, 0.25) is 0 Å². The number of nitrogens with zero attached hydrogens (tertiary/aromatic N) is 4. The molecule has 0 unspecified atom stereocenters. The fourth-order valence-corrected chi connectivity index (χ4v) is 3.24. The van der Waals surface area contributed by atoms with Gasteiger partial charge in [-0.05, 0) is 25.7 Å². The van der Waals surface area contributed by atoms with Gasteiger partial charge >= 0.3 is 6.18 Å². The summed E-state index contributed by atoms with van der Waals surface area (Å²) in [4.78, 5) is 33.5. The van der Waals surface area contributed by atoms with Crippen molar-refractivity contribution in [2.45, 2.75) is 38.9 Å². The predicted molar refractivity (Wildman–Crippen MR) is 99.6 cm³/mol. The van der Waals surface area contributed by atoms with Crippen molar-refractivity contribution >= 4 is 11.9 Å². The van der Waals surface area contributed by atoms with Crippen molar-refractivity contribution in [2.24, 2.45) is 13.0 Å². The third kappa shape index (κ3) is 4.77. The highest BCUT2D eigenvalue weighted by Crippen LogP contribution is 2.29. The van der Waals surface area contributed by atoms with Gasteiger partial charge in [-0.1, -0.05) is 6.92 Å². The SMILES string of the molecule is CC1CCN(c2nc([C@H](C)NC(=O)c3cc(C(F)(F)F)n(C)n3)cc(=O)[nH]2)CC1. The number of anilines is 1. The molecular weight excluding hydrogens is 389 g/mol. The van der Waals surface area contributed by atoms with Gasteiger partial charge in [0.25, 0.3) is 11.5 Å². The average molecular weight is 412 g/mol. The lowest BCUT2D eigenvalue weighted by atomic mass is 10.00. The molecule has 8 nitrogen and oxygen atoms in total. The molecule has 3 heterocycles. The van der Waals surface area contributed by atoms with E-state index in [1.54, 1.807) is 6.92 Å². The number of piperidine rings is 1. The van der Waals surface area contributed by atoms with Crippen molar-refractivity contribution in [3.8, 4) is 0 Å². The highest BCUT2D eigenvalue weighted by molar-refractivity contribution is 5.92. The molecule has 1 fully saturated rings. The van der Waals surface area contributed by atoms with Crippen LogP contribution >= 0.6 is 0 Å². The van der Waals surface area contributed by atoms with Crippen LogP contribution in [0, 0.1) is 5.92 Å². The van der Waals surface area contributed by atoms with Gasteiger partial charge in [0.05, 0.1) is 11.7 Å². The second kappa shape index (κ2) is 7.88. The number of nitrogens with one attached hydrogen (secondary N) is 2. The van der Waals surface area contributed by atoms with E-state index < -0.39 is 23.8 Å². The van der Waals surface area contributed by atoms with Crippen LogP contribution in [-0.4, -0.2) is 38.7 Å². The lowest BCUT2D eigenvalue weighted by molar-refractivity contribution is -0.143. The normalized spacial score (nSPS) is 16.7. The Morgan fingerprint density at radius 2 is 1.97 bits per heavy atom. The van der Waals surface area contributed by atoms with E-state index in [0.717, 1.165) is 33.0 Å². The molecule has 0 radical (unpaired) electrons. The lowest BCUT2D eigenvalue weighted by Crippen LogP contribution is -2.36.